The predicted octanol–water partition coefficient (Wildman–Crippen LogP) is 3.40. The van der Waals surface area contributed by atoms with E-state index < -0.39 is 10.0 Å². The van der Waals surface area contributed by atoms with Crippen LogP contribution in [0.1, 0.15) is 41.6 Å². The Morgan fingerprint density at radius 3 is 2.17 bits per heavy atom. The maximum Gasteiger partial charge on any atom is 0.243 e. The topological polar surface area (TPSA) is 83.5 Å². The Balaban J connectivity index is 1.47. The minimum absolute atomic E-state index is 0.0862. The number of hydrogen-bond acceptors (Lipinski definition) is 4. The first kappa shape index (κ1) is 21.5. The minimum Gasteiger partial charge on any atom is -0.352 e. The molecule has 154 valence electrons. The number of ketones is 1. The number of nitrogens with zero attached hydrogens (tertiary/aromatic N) is 1. The molecule has 6 nitrogen and oxygen atoms in total. The number of carbonyl (C=O) groups excluding carboxylic acids is 2. The van der Waals surface area contributed by atoms with Crippen molar-refractivity contribution in [3.8, 4) is 0 Å². The second-order valence-electron chi connectivity index (χ2n) is 6.96. The van der Waals surface area contributed by atoms with Crippen LogP contribution in [-0.2, 0) is 21.4 Å². The van der Waals surface area contributed by atoms with Gasteiger partial charge in [0.05, 0.1) is 4.90 Å². The Bertz CT molecular complexity index is 967. The smallest absolute Gasteiger partial charge is 0.243 e. The van der Waals surface area contributed by atoms with Crippen molar-refractivity contribution in [2.24, 2.45) is 0 Å². The third kappa shape index (κ3) is 5.65. The number of nitrogens with one attached hydrogen (secondary N) is 1. The molecular weight excluding hydrogens is 412 g/mol. The van der Waals surface area contributed by atoms with E-state index in [2.05, 4.69) is 5.32 Å². The van der Waals surface area contributed by atoms with Crippen LogP contribution in [0, 0.1) is 0 Å². The number of carbonyl (C=O) groups is 2. The molecule has 1 amide bonds. The highest BCUT2D eigenvalue weighted by molar-refractivity contribution is 7.89. The maximum absolute atomic E-state index is 12.5. The van der Waals surface area contributed by atoms with E-state index in [4.69, 9.17) is 11.6 Å². The summed E-state index contributed by atoms with van der Waals surface area (Å²) >= 11 is 5.80. The summed E-state index contributed by atoms with van der Waals surface area (Å²) in [7, 11) is -3.43. The number of benzene rings is 2. The lowest BCUT2D eigenvalue weighted by Gasteiger charge is -2.15. The van der Waals surface area contributed by atoms with Gasteiger partial charge in [0.25, 0.3) is 0 Å². The lowest BCUT2D eigenvalue weighted by Crippen LogP contribution is -2.28. The largest absolute Gasteiger partial charge is 0.352 e. The van der Waals surface area contributed by atoms with Gasteiger partial charge in [-0.3, -0.25) is 9.59 Å². The van der Waals surface area contributed by atoms with Crippen LogP contribution < -0.4 is 5.32 Å². The Morgan fingerprint density at radius 2 is 1.55 bits per heavy atom. The van der Waals surface area contributed by atoms with Crippen LogP contribution in [0.25, 0.3) is 0 Å². The van der Waals surface area contributed by atoms with Gasteiger partial charge in [0, 0.05) is 43.1 Å². The number of Topliss-reactive ketones (excluding diaryl/α,β-unsaturated/α-hetero) is 1. The highest BCUT2D eigenvalue weighted by Gasteiger charge is 2.26. The number of amides is 1. The molecule has 29 heavy (non-hydrogen) atoms. The molecular formula is C21H23ClN2O4S. The van der Waals surface area contributed by atoms with Crippen LogP contribution in [0.4, 0.5) is 0 Å². The third-order valence-corrected chi connectivity index (χ3v) is 7.03. The molecule has 0 saturated carbocycles. The molecule has 3 rings (SSSR count). The summed E-state index contributed by atoms with van der Waals surface area (Å²) in [5.74, 6) is -0.352. The lowest BCUT2D eigenvalue weighted by atomic mass is 10.1. The van der Waals surface area contributed by atoms with Crippen molar-refractivity contribution in [1.82, 2.24) is 9.62 Å². The fourth-order valence-electron chi connectivity index (χ4n) is 3.15. The summed E-state index contributed by atoms with van der Waals surface area (Å²) < 4.78 is 26.5. The Labute approximate surface area is 175 Å². The van der Waals surface area contributed by atoms with Gasteiger partial charge in [0.1, 0.15) is 0 Å². The highest BCUT2D eigenvalue weighted by Crippen LogP contribution is 2.21. The van der Waals surface area contributed by atoms with Crippen molar-refractivity contribution in [2.45, 2.75) is 37.1 Å². The van der Waals surface area contributed by atoms with Crippen LogP contribution in [0.3, 0.4) is 0 Å². The Hall–Kier alpha value is -2.22. The Morgan fingerprint density at radius 1 is 0.931 bits per heavy atom. The average Bonchev–Trinajstić information content (AvgIpc) is 3.27. The average molecular weight is 435 g/mol. The molecule has 0 bridgehead atoms. The van der Waals surface area contributed by atoms with Gasteiger partial charge in [0.15, 0.2) is 5.78 Å². The standard InChI is InChI=1S/C21H23ClN2O4S/c22-18-7-5-17(6-8-18)20(25)11-12-21(26)23-15-16-3-9-19(10-4-16)29(27,28)24-13-1-2-14-24/h3-10H,1-2,11-15H2,(H,23,26). The Kier molecular flexibility index (Phi) is 7.05. The predicted molar refractivity (Wildman–Crippen MR) is 111 cm³/mol. The van der Waals surface area contributed by atoms with Crippen molar-refractivity contribution < 1.29 is 18.0 Å². The number of hydrogen-bond donors (Lipinski definition) is 1. The summed E-state index contributed by atoms with van der Waals surface area (Å²) in [6.07, 6.45) is 1.98. The summed E-state index contributed by atoms with van der Waals surface area (Å²) in [4.78, 5) is 24.4. The third-order valence-electron chi connectivity index (χ3n) is 4.86. The van der Waals surface area contributed by atoms with E-state index >= 15 is 0 Å². The molecule has 1 N–H and O–H groups in total. The van der Waals surface area contributed by atoms with E-state index in [9.17, 15) is 18.0 Å². The summed E-state index contributed by atoms with van der Waals surface area (Å²) in [5.41, 5.74) is 1.32. The molecule has 0 unspecified atom stereocenters. The lowest BCUT2D eigenvalue weighted by molar-refractivity contribution is -0.121. The number of sulfonamides is 1. The molecule has 0 atom stereocenters. The van der Waals surface area contributed by atoms with Gasteiger partial charge in [-0.2, -0.15) is 4.31 Å². The van der Waals surface area contributed by atoms with E-state index in [1.54, 1.807) is 48.5 Å². The molecule has 1 heterocycles. The van der Waals surface area contributed by atoms with Crippen LogP contribution in [0.2, 0.25) is 5.02 Å². The first-order valence-electron chi connectivity index (χ1n) is 9.51. The van der Waals surface area contributed by atoms with Crippen molar-refractivity contribution in [2.75, 3.05) is 13.1 Å². The van der Waals surface area contributed by atoms with Gasteiger partial charge in [-0.25, -0.2) is 8.42 Å². The minimum atomic E-state index is -3.43. The zero-order valence-electron chi connectivity index (χ0n) is 15.9. The fourth-order valence-corrected chi connectivity index (χ4v) is 4.80. The van der Waals surface area contributed by atoms with E-state index in [1.807, 2.05) is 0 Å². The summed E-state index contributed by atoms with van der Waals surface area (Å²) in [6.45, 7) is 1.40. The highest BCUT2D eigenvalue weighted by atomic mass is 35.5. The van der Waals surface area contributed by atoms with Gasteiger partial charge >= 0.3 is 0 Å². The van der Waals surface area contributed by atoms with E-state index in [0.29, 0.717) is 23.7 Å². The molecule has 1 aliphatic rings. The molecule has 0 spiro atoms. The van der Waals surface area contributed by atoms with Gasteiger partial charge in [-0.05, 0) is 54.8 Å². The summed E-state index contributed by atoms with van der Waals surface area (Å²) in [6, 6.07) is 13.1. The maximum atomic E-state index is 12.5. The molecule has 2 aromatic carbocycles. The molecule has 1 aliphatic heterocycles. The van der Waals surface area contributed by atoms with Crippen molar-refractivity contribution in [3.05, 3.63) is 64.7 Å². The van der Waals surface area contributed by atoms with E-state index in [1.165, 1.54) is 4.31 Å². The molecule has 0 aliphatic carbocycles. The first-order chi connectivity index (χ1) is 13.9. The second kappa shape index (κ2) is 9.52. The van der Waals surface area contributed by atoms with Gasteiger partial charge < -0.3 is 5.32 Å². The number of halogens is 1. The van der Waals surface area contributed by atoms with E-state index in [-0.39, 0.29) is 36.0 Å². The van der Waals surface area contributed by atoms with E-state index in [0.717, 1.165) is 18.4 Å². The van der Waals surface area contributed by atoms with Crippen LogP contribution >= 0.6 is 11.6 Å². The number of rotatable bonds is 8. The quantitative estimate of drug-likeness (QED) is 0.645. The zero-order chi connectivity index (χ0) is 20.9. The van der Waals surface area contributed by atoms with Crippen molar-refractivity contribution >= 4 is 33.3 Å². The van der Waals surface area contributed by atoms with Crippen molar-refractivity contribution in [1.29, 1.82) is 0 Å². The molecule has 8 heteroatoms. The molecule has 2 aromatic rings. The molecule has 0 radical (unpaired) electrons. The van der Waals surface area contributed by atoms with Crippen LogP contribution in [0.15, 0.2) is 53.4 Å². The van der Waals surface area contributed by atoms with Gasteiger partial charge in [-0.15, -0.1) is 0 Å². The molecule has 1 fully saturated rings. The van der Waals surface area contributed by atoms with Gasteiger partial charge in [-0.1, -0.05) is 23.7 Å². The van der Waals surface area contributed by atoms with Crippen molar-refractivity contribution in [3.63, 3.8) is 0 Å². The second-order valence-corrected chi connectivity index (χ2v) is 9.34. The zero-order valence-corrected chi connectivity index (χ0v) is 17.5. The monoisotopic (exact) mass is 434 g/mol. The first-order valence-corrected chi connectivity index (χ1v) is 11.3. The SMILES string of the molecule is O=C(CCC(=O)c1ccc(Cl)cc1)NCc1ccc(S(=O)(=O)N2CCCC2)cc1. The summed E-state index contributed by atoms with van der Waals surface area (Å²) in [5, 5.41) is 3.31. The normalized spacial score (nSPS) is 14.7. The molecule has 1 saturated heterocycles. The molecule has 0 aromatic heterocycles. The fraction of sp³-hybridized carbons (Fsp3) is 0.333. The van der Waals surface area contributed by atoms with Crippen LogP contribution in [-0.4, -0.2) is 37.5 Å². The van der Waals surface area contributed by atoms with Crippen LogP contribution in [0.5, 0.6) is 0 Å². The van der Waals surface area contributed by atoms with Gasteiger partial charge in [0.2, 0.25) is 15.9 Å².